The van der Waals surface area contributed by atoms with E-state index in [-0.39, 0.29) is 34.5 Å². The molecule has 32 heavy (non-hydrogen) atoms. The molecule has 0 spiro atoms. The van der Waals surface area contributed by atoms with Crippen LogP contribution in [0.5, 0.6) is 0 Å². The lowest BCUT2D eigenvalue weighted by Crippen LogP contribution is -2.41. The number of halogens is 3. The molecule has 10 heteroatoms. The van der Waals surface area contributed by atoms with E-state index in [1.165, 1.54) is 15.6 Å². The van der Waals surface area contributed by atoms with Crippen molar-refractivity contribution in [2.75, 3.05) is 18.4 Å². The SMILES string of the molecule is CCN(CC(=O)Nc1c(Cl)cccc1Cl)C(=O)c1nn(-c2ccccc2Cl)c(C)cc1=O. The van der Waals surface area contributed by atoms with Crippen LogP contribution < -0.4 is 10.7 Å². The number of nitrogens with one attached hydrogen (secondary N) is 1. The van der Waals surface area contributed by atoms with Crippen molar-refractivity contribution in [1.29, 1.82) is 0 Å². The fraction of sp³-hybridized carbons (Fsp3) is 0.182. The van der Waals surface area contributed by atoms with Crippen LogP contribution in [0.1, 0.15) is 23.1 Å². The third-order valence-electron chi connectivity index (χ3n) is 4.62. The summed E-state index contributed by atoms with van der Waals surface area (Å²) in [5, 5.41) is 7.79. The molecule has 0 aliphatic rings. The van der Waals surface area contributed by atoms with Gasteiger partial charge in [0.15, 0.2) is 5.69 Å². The van der Waals surface area contributed by atoms with E-state index in [1.807, 2.05) is 0 Å². The number of carbonyl (C=O) groups excluding carboxylic acids is 2. The molecule has 0 atom stereocenters. The standard InChI is InChI=1S/C22H19Cl3N4O3/c1-3-28(12-19(31)26-20-15(24)8-6-9-16(20)25)22(32)21-18(30)11-13(2)29(27-21)17-10-5-4-7-14(17)23/h4-11H,3,12H2,1-2H3,(H,26,31). The number of anilines is 1. The second-order valence-corrected chi connectivity index (χ2v) is 8.05. The highest BCUT2D eigenvalue weighted by molar-refractivity contribution is 6.39. The minimum absolute atomic E-state index is 0.170. The summed E-state index contributed by atoms with van der Waals surface area (Å²) in [7, 11) is 0. The van der Waals surface area contributed by atoms with Crippen molar-refractivity contribution in [2.45, 2.75) is 13.8 Å². The van der Waals surface area contributed by atoms with Gasteiger partial charge in [0.25, 0.3) is 5.91 Å². The summed E-state index contributed by atoms with van der Waals surface area (Å²) in [5.41, 5.74) is 0.410. The molecule has 0 radical (unpaired) electrons. The van der Waals surface area contributed by atoms with Crippen LogP contribution in [-0.2, 0) is 4.79 Å². The third-order valence-corrected chi connectivity index (χ3v) is 5.57. The Morgan fingerprint density at radius 1 is 1.03 bits per heavy atom. The number of rotatable bonds is 6. The summed E-state index contributed by atoms with van der Waals surface area (Å²) in [6.07, 6.45) is 0. The van der Waals surface area contributed by atoms with Gasteiger partial charge < -0.3 is 10.2 Å². The molecule has 1 N–H and O–H groups in total. The number of benzene rings is 2. The lowest BCUT2D eigenvalue weighted by molar-refractivity contribution is -0.116. The summed E-state index contributed by atoms with van der Waals surface area (Å²) in [4.78, 5) is 39.4. The Hall–Kier alpha value is -2.87. The number of aromatic nitrogens is 2. The molecule has 0 aliphatic heterocycles. The van der Waals surface area contributed by atoms with Crippen molar-refractivity contribution in [1.82, 2.24) is 14.7 Å². The molecular formula is C22H19Cl3N4O3. The molecule has 1 heterocycles. The number of carbonyl (C=O) groups is 2. The monoisotopic (exact) mass is 492 g/mol. The van der Waals surface area contributed by atoms with Gasteiger partial charge in [0.05, 0.1) is 26.4 Å². The topological polar surface area (TPSA) is 84.3 Å². The Balaban J connectivity index is 1.88. The Morgan fingerprint density at radius 3 is 2.28 bits per heavy atom. The number of aryl methyl sites for hydroxylation is 1. The molecule has 2 aromatic carbocycles. The summed E-state index contributed by atoms with van der Waals surface area (Å²) < 4.78 is 1.42. The van der Waals surface area contributed by atoms with E-state index in [9.17, 15) is 14.4 Å². The molecule has 0 saturated carbocycles. The maximum atomic E-state index is 13.1. The number of amides is 2. The van der Waals surface area contributed by atoms with Crippen LogP contribution in [0, 0.1) is 6.92 Å². The van der Waals surface area contributed by atoms with Crippen LogP contribution in [0.2, 0.25) is 15.1 Å². The van der Waals surface area contributed by atoms with Gasteiger partial charge in [-0.2, -0.15) is 5.10 Å². The second kappa shape index (κ2) is 10.2. The first-order valence-corrected chi connectivity index (χ1v) is 10.7. The van der Waals surface area contributed by atoms with Crippen LogP contribution in [0.4, 0.5) is 5.69 Å². The van der Waals surface area contributed by atoms with Crippen molar-refractivity contribution < 1.29 is 9.59 Å². The van der Waals surface area contributed by atoms with Crippen molar-refractivity contribution in [3.8, 4) is 5.69 Å². The molecule has 0 saturated heterocycles. The van der Waals surface area contributed by atoms with Crippen molar-refractivity contribution >= 4 is 52.3 Å². The highest BCUT2D eigenvalue weighted by Gasteiger charge is 2.23. The highest BCUT2D eigenvalue weighted by atomic mass is 35.5. The number of para-hydroxylation sites is 2. The average Bonchev–Trinajstić information content (AvgIpc) is 2.75. The first-order valence-electron chi connectivity index (χ1n) is 9.62. The average molecular weight is 494 g/mol. The molecule has 3 aromatic rings. The largest absolute Gasteiger partial charge is 0.328 e. The van der Waals surface area contributed by atoms with Gasteiger partial charge in [-0.3, -0.25) is 14.4 Å². The number of likely N-dealkylation sites (N-methyl/N-ethyl adjacent to an activating group) is 1. The summed E-state index contributed by atoms with van der Waals surface area (Å²) in [6, 6.07) is 13.1. The Labute approximate surface area is 199 Å². The molecule has 7 nitrogen and oxygen atoms in total. The Kier molecular flexibility index (Phi) is 7.56. The molecule has 1 aromatic heterocycles. The lowest BCUT2D eigenvalue weighted by Gasteiger charge is -2.21. The number of nitrogens with zero attached hydrogens (tertiary/aromatic N) is 3. The molecule has 0 bridgehead atoms. The summed E-state index contributed by atoms with van der Waals surface area (Å²) in [6.45, 7) is 3.22. The first-order chi connectivity index (χ1) is 15.2. The van der Waals surface area contributed by atoms with E-state index in [4.69, 9.17) is 34.8 Å². The van der Waals surface area contributed by atoms with Gasteiger partial charge in [-0.15, -0.1) is 0 Å². The predicted octanol–water partition coefficient (Wildman–Crippen LogP) is 4.60. The first kappa shape index (κ1) is 23.8. The van der Waals surface area contributed by atoms with E-state index >= 15 is 0 Å². The predicted molar refractivity (Wildman–Crippen MR) is 126 cm³/mol. The van der Waals surface area contributed by atoms with Gasteiger partial charge in [-0.25, -0.2) is 4.68 Å². The van der Waals surface area contributed by atoms with Gasteiger partial charge in [0, 0.05) is 18.3 Å². The number of hydrogen-bond donors (Lipinski definition) is 1. The zero-order valence-electron chi connectivity index (χ0n) is 17.2. The van der Waals surface area contributed by atoms with Crippen LogP contribution in [-0.4, -0.2) is 39.6 Å². The van der Waals surface area contributed by atoms with Crippen molar-refractivity contribution in [3.05, 3.63) is 85.2 Å². The van der Waals surface area contributed by atoms with Gasteiger partial charge in [0.1, 0.15) is 6.54 Å². The molecular weight excluding hydrogens is 475 g/mol. The smallest absolute Gasteiger partial charge is 0.278 e. The van der Waals surface area contributed by atoms with Crippen LogP contribution in [0.25, 0.3) is 5.69 Å². The van der Waals surface area contributed by atoms with Crippen LogP contribution in [0.3, 0.4) is 0 Å². The fourth-order valence-corrected chi connectivity index (χ4v) is 3.72. The Morgan fingerprint density at radius 2 is 1.66 bits per heavy atom. The normalized spacial score (nSPS) is 10.7. The van der Waals surface area contributed by atoms with E-state index in [0.717, 1.165) is 0 Å². The fourth-order valence-electron chi connectivity index (χ4n) is 3.01. The van der Waals surface area contributed by atoms with Crippen molar-refractivity contribution in [3.63, 3.8) is 0 Å². The maximum absolute atomic E-state index is 13.1. The van der Waals surface area contributed by atoms with Gasteiger partial charge >= 0.3 is 0 Å². The minimum atomic E-state index is -0.682. The Bertz CT molecular complexity index is 1220. The van der Waals surface area contributed by atoms with Gasteiger partial charge in [-0.05, 0) is 38.1 Å². The van der Waals surface area contributed by atoms with Crippen molar-refractivity contribution in [2.24, 2.45) is 0 Å². The molecule has 0 unspecified atom stereocenters. The molecule has 0 fully saturated rings. The molecule has 3 rings (SSSR count). The zero-order chi connectivity index (χ0) is 23.4. The third kappa shape index (κ3) is 5.12. The van der Waals surface area contributed by atoms with E-state index in [0.29, 0.717) is 16.4 Å². The summed E-state index contributed by atoms with van der Waals surface area (Å²) in [5.74, 6) is -1.20. The quantitative estimate of drug-likeness (QED) is 0.544. The summed E-state index contributed by atoms with van der Waals surface area (Å²) >= 11 is 18.4. The minimum Gasteiger partial charge on any atom is -0.328 e. The van der Waals surface area contributed by atoms with E-state index in [2.05, 4.69) is 10.4 Å². The maximum Gasteiger partial charge on any atom is 0.278 e. The highest BCUT2D eigenvalue weighted by Crippen LogP contribution is 2.29. The molecule has 2 amide bonds. The van der Waals surface area contributed by atoms with E-state index in [1.54, 1.807) is 56.3 Å². The second-order valence-electron chi connectivity index (χ2n) is 6.83. The number of hydrogen-bond acceptors (Lipinski definition) is 4. The van der Waals surface area contributed by atoms with Crippen LogP contribution >= 0.6 is 34.8 Å². The van der Waals surface area contributed by atoms with Gasteiger partial charge in [-0.1, -0.05) is 53.0 Å². The lowest BCUT2D eigenvalue weighted by atomic mass is 10.2. The molecule has 0 aliphatic carbocycles. The molecule has 166 valence electrons. The van der Waals surface area contributed by atoms with E-state index < -0.39 is 17.2 Å². The zero-order valence-corrected chi connectivity index (χ0v) is 19.5. The van der Waals surface area contributed by atoms with Crippen LogP contribution in [0.15, 0.2) is 53.3 Å². The van der Waals surface area contributed by atoms with Gasteiger partial charge in [0.2, 0.25) is 11.3 Å².